The molecule has 0 amide bonds. The fraction of sp³-hybridized carbons (Fsp3) is 0.810. The molecule has 0 saturated carbocycles. The van der Waals surface area contributed by atoms with Crippen LogP contribution in [0.25, 0.3) is 0 Å². The van der Waals surface area contributed by atoms with E-state index in [1.807, 2.05) is 6.08 Å². The number of rotatable bonds is 11. The van der Waals surface area contributed by atoms with Gasteiger partial charge in [-0.05, 0) is 42.3 Å². The summed E-state index contributed by atoms with van der Waals surface area (Å²) in [5.41, 5.74) is 1.84. The molecule has 1 atom stereocenters. The van der Waals surface area contributed by atoms with Crippen molar-refractivity contribution in [3.05, 3.63) is 12.7 Å². The SMILES string of the molecule is C=CCCCC(C#CCCCC)O[Si](C(C)C)(C(C)C)C(C)C. The molecule has 0 aliphatic heterocycles. The standard InChI is InChI=1S/C21H40OSi/c1-9-11-13-15-17-21(16-14-12-10-2)22-23(18(3)4,19(5)6)20(7)8/h10,18-21H,2,9,11-14,16H2,1,3-8H3. The van der Waals surface area contributed by atoms with E-state index in [2.05, 4.69) is 66.9 Å². The lowest BCUT2D eigenvalue weighted by Gasteiger charge is -2.43. The van der Waals surface area contributed by atoms with Crippen LogP contribution in [0.2, 0.25) is 16.6 Å². The van der Waals surface area contributed by atoms with Crippen LogP contribution in [0.15, 0.2) is 12.7 Å². The highest BCUT2D eigenvalue weighted by Gasteiger charge is 2.46. The third-order valence-corrected chi connectivity index (χ3v) is 11.0. The van der Waals surface area contributed by atoms with Crippen LogP contribution in [0.3, 0.4) is 0 Å². The molecule has 0 spiro atoms. The van der Waals surface area contributed by atoms with Gasteiger partial charge in [0.2, 0.25) is 8.32 Å². The van der Waals surface area contributed by atoms with Crippen LogP contribution in [0.4, 0.5) is 0 Å². The molecule has 0 rings (SSSR count). The fourth-order valence-electron chi connectivity index (χ4n) is 3.71. The maximum absolute atomic E-state index is 6.88. The Labute approximate surface area is 147 Å². The molecule has 1 unspecified atom stereocenters. The van der Waals surface area contributed by atoms with E-state index in [-0.39, 0.29) is 6.10 Å². The average Bonchev–Trinajstić information content (AvgIpc) is 2.47. The van der Waals surface area contributed by atoms with Crippen molar-refractivity contribution >= 4 is 8.32 Å². The summed E-state index contributed by atoms with van der Waals surface area (Å²) in [4.78, 5) is 0. The summed E-state index contributed by atoms with van der Waals surface area (Å²) in [6.07, 6.45) is 8.70. The summed E-state index contributed by atoms with van der Waals surface area (Å²) in [7, 11) is -1.85. The number of unbranched alkanes of at least 4 members (excludes halogenated alkanes) is 3. The molecule has 0 saturated heterocycles. The molecule has 0 radical (unpaired) electrons. The minimum atomic E-state index is -1.85. The zero-order valence-electron chi connectivity index (χ0n) is 16.7. The first-order valence-corrected chi connectivity index (χ1v) is 11.7. The summed E-state index contributed by atoms with van der Waals surface area (Å²) in [5, 5.41) is 0. The van der Waals surface area contributed by atoms with Gasteiger partial charge in [0.15, 0.2) is 0 Å². The predicted molar refractivity (Wildman–Crippen MR) is 107 cm³/mol. The average molecular weight is 337 g/mol. The van der Waals surface area contributed by atoms with Crippen molar-refractivity contribution in [3.63, 3.8) is 0 Å². The molecule has 0 N–H and O–H groups in total. The van der Waals surface area contributed by atoms with Crippen molar-refractivity contribution in [2.24, 2.45) is 0 Å². The van der Waals surface area contributed by atoms with Crippen LogP contribution in [-0.4, -0.2) is 14.4 Å². The molecule has 2 heteroatoms. The number of allylic oxidation sites excluding steroid dienone is 1. The minimum Gasteiger partial charge on any atom is -0.402 e. The first-order chi connectivity index (χ1) is 10.8. The molecule has 0 aliphatic rings. The van der Waals surface area contributed by atoms with Crippen LogP contribution in [-0.2, 0) is 4.43 Å². The Bertz CT molecular complexity index is 351. The summed E-state index contributed by atoms with van der Waals surface area (Å²) in [6.45, 7) is 20.1. The second kappa shape index (κ2) is 11.9. The maximum Gasteiger partial charge on any atom is 0.202 e. The lowest BCUT2D eigenvalue weighted by molar-refractivity contribution is 0.212. The Hall–Kier alpha value is -0.523. The van der Waals surface area contributed by atoms with Gasteiger partial charge in [-0.15, -0.1) is 12.5 Å². The van der Waals surface area contributed by atoms with Crippen LogP contribution in [0.1, 0.15) is 87.0 Å². The van der Waals surface area contributed by atoms with Gasteiger partial charge < -0.3 is 4.43 Å². The monoisotopic (exact) mass is 336 g/mol. The molecular weight excluding hydrogens is 296 g/mol. The molecule has 0 aromatic heterocycles. The van der Waals surface area contributed by atoms with Gasteiger partial charge in [0.25, 0.3) is 0 Å². The van der Waals surface area contributed by atoms with Crippen molar-refractivity contribution in [3.8, 4) is 11.8 Å². The second-order valence-electron chi connectivity index (χ2n) is 7.57. The highest BCUT2D eigenvalue weighted by Crippen LogP contribution is 2.43. The Morgan fingerprint density at radius 2 is 1.57 bits per heavy atom. The highest BCUT2D eigenvalue weighted by atomic mass is 28.4. The van der Waals surface area contributed by atoms with Gasteiger partial charge in [-0.3, -0.25) is 0 Å². The lowest BCUT2D eigenvalue weighted by Crippen LogP contribution is -2.50. The lowest BCUT2D eigenvalue weighted by atomic mass is 10.1. The molecule has 0 aromatic rings. The van der Waals surface area contributed by atoms with Crippen molar-refractivity contribution in [1.82, 2.24) is 0 Å². The fourth-order valence-corrected chi connectivity index (χ4v) is 9.20. The summed E-state index contributed by atoms with van der Waals surface area (Å²) >= 11 is 0. The largest absolute Gasteiger partial charge is 0.402 e. The quantitative estimate of drug-likeness (QED) is 0.169. The molecule has 0 fully saturated rings. The normalized spacial score (nSPS) is 13.3. The third kappa shape index (κ3) is 7.27. The number of hydrogen-bond donors (Lipinski definition) is 0. The summed E-state index contributed by atoms with van der Waals surface area (Å²) < 4.78 is 6.88. The van der Waals surface area contributed by atoms with Crippen molar-refractivity contribution < 1.29 is 4.43 Å². The molecule has 0 aliphatic carbocycles. The zero-order chi connectivity index (χ0) is 17.9. The van der Waals surface area contributed by atoms with Gasteiger partial charge in [-0.2, -0.15) is 0 Å². The van der Waals surface area contributed by atoms with Crippen molar-refractivity contribution in [2.75, 3.05) is 0 Å². The van der Waals surface area contributed by atoms with Gasteiger partial charge in [0.05, 0.1) is 0 Å². The molecule has 134 valence electrons. The molecule has 0 aromatic carbocycles. The van der Waals surface area contributed by atoms with Crippen LogP contribution < -0.4 is 0 Å². The van der Waals surface area contributed by atoms with E-state index in [9.17, 15) is 0 Å². The number of hydrogen-bond acceptors (Lipinski definition) is 1. The first kappa shape index (κ1) is 22.5. The van der Waals surface area contributed by atoms with E-state index >= 15 is 0 Å². The maximum atomic E-state index is 6.88. The van der Waals surface area contributed by atoms with Gasteiger partial charge in [0, 0.05) is 6.42 Å². The Morgan fingerprint density at radius 1 is 1.00 bits per heavy atom. The van der Waals surface area contributed by atoms with E-state index in [0.29, 0.717) is 16.6 Å². The zero-order valence-corrected chi connectivity index (χ0v) is 17.7. The van der Waals surface area contributed by atoms with Crippen molar-refractivity contribution in [1.29, 1.82) is 0 Å². The highest BCUT2D eigenvalue weighted by molar-refractivity contribution is 6.77. The summed E-state index contributed by atoms with van der Waals surface area (Å²) in [6, 6.07) is 0. The minimum absolute atomic E-state index is 0.102. The molecule has 1 nitrogen and oxygen atoms in total. The van der Waals surface area contributed by atoms with Gasteiger partial charge in [-0.25, -0.2) is 0 Å². The van der Waals surface area contributed by atoms with E-state index < -0.39 is 8.32 Å². The van der Waals surface area contributed by atoms with Crippen molar-refractivity contribution in [2.45, 2.75) is 110 Å². The van der Waals surface area contributed by atoms with Gasteiger partial charge >= 0.3 is 0 Å². The van der Waals surface area contributed by atoms with E-state index in [1.54, 1.807) is 0 Å². The molecule has 0 bridgehead atoms. The van der Waals surface area contributed by atoms with Gasteiger partial charge in [0.1, 0.15) is 6.10 Å². The summed E-state index contributed by atoms with van der Waals surface area (Å²) in [5.74, 6) is 6.84. The third-order valence-electron chi connectivity index (χ3n) is 4.85. The Kier molecular flexibility index (Phi) is 11.7. The van der Waals surface area contributed by atoms with E-state index in [4.69, 9.17) is 4.43 Å². The Morgan fingerprint density at radius 3 is 2.00 bits per heavy atom. The van der Waals surface area contributed by atoms with Crippen LogP contribution >= 0.6 is 0 Å². The topological polar surface area (TPSA) is 9.23 Å². The molecule has 23 heavy (non-hydrogen) atoms. The van der Waals surface area contributed by atoms with Gasteiger partial charge in [-0.1, -0.05) is 66.9 Å². The second-order valence-corrected chi connectivity index (χ2v) is 13.0. The van der Waals surface area contributed by atoms with E-state index in [0.717, 1.165) is 25.7 Å². The Balaban J connectivity index is 5.23. The molecular formula is C21H40OSi. The molecule has 0 heterocycles. The smallest absolute Gasteiger partial charge is 0.202 e. The van der Waals surface area contributed by atoms with Crippen LogP contribution in [0, 0.1) is 11.8 Å². The predicted octanol–water partition coefficient (Wildman–Crippen LogP) is 7.10. The van der Waals surface area contributed by atoms with E-state index in [1.165, 1.54) is 12.8 Å². The van der Waals surface area contributed by atoms with Crippen LogP contribution in [0.5, 0.6) is 0 Å². The first-order valence-electron chi connectivity index (χ1n) is 9.59.